The van der Waals surface area contributed by atoms with Gasteiger partial charge in [-0.3, -0.25) is 0 Å². The molecule has 0 saturated heterocycles. The van der Waals surface area contributed by atoms with E-state index in [4.69, 9.17) is 5.73 Å². The van der Waals surface area contributed by atoms with Crippen LogP contribution in [0.15, 0.2) is 41.1 Å². The Labute approximate surface area is 145 Å². The number of fused-ring (bicyclic) bond motifs is 1. The van der Waals surface area contributed by atoms with Gasteiger partial charge in [0.15, 0.2) is 5.41 Å². The van der Waals surface area contributed by atoms with E-state index in [9.17, 15) is 26.0 Å². The molecule has 6 nitrogen and oxygen atoms in total. The summed E-state index contributed by atoms with van der Waals surface area (Å²) >= 11 is 0. The number of benzene rings is 1. The van der Waals surface area contributed by atoms with E-state index < -0.39 is 11.3 Å². The highest BCUT2D eigenvalue weighted by Crippen LogP contribution is 2.57. The summed E-state index contributed by atoms with van der Waals surface area (Å²) in [5.41, 5.74) is 5.64. The van der Waals surface area contributed by atoms with Gasteiger partial charge in [0.25, 0.3) is 0 Å². The number of nitrogens with two attached hydrogens (primary N) is 1. The first-order chi connectivity index (χ1) is 12.0. The lowest BCUT2D eigenvalue weighted by atomic mass is 9.56. The topological polar surface area (TPSA) is 138 Å². The quantitative estimate of drug-likeness (QED) is 0.722. The third kappa shape index (κ3) is 2.22. The van der Waals surface area contributed by atoms with Crippen LogP contribution in [0.5, 0.6) is 11.5 Å². The maximum absolute atomic E-state index is 10.3. The molecule has 0 radical (unpaired) electrons. The predicted molar refractivity (Wildman–Crippen MR) is 88.4 cm³/mol. The summed E-state index contributed by atoms with van der Waals surface area (Å²) in [6.45, 7) is 0. The van der Waals surface area contributed by atoms with Gasteiger partial charge < -0.3 is 15.9 Å². The highest BCUT2D eigenvalue weighted by Gasteiger charge is 2.54. The minimum atomic E-state index is -1.75. The number of rotatable bonds is 1. The van der Waals surface area contributed by atoms with Gasteiger partial charge >= 0.3 is 0 Å². The number of hydrogen-bond donors (Lipinski definition) is 3. The molecule has 3 rings (SSSR count). The van der Waals surface area contributed by atoms with Gasteiger partial charge in [0.1, 0.15) is 17.6 Å². The highest BCUT2D eigenvalue weighted by molar-refractivity contribution is 5.60. The van der Waals surface area contributed by atoms with Crippen LogP contribution in [0.3, 0.4) is 0 Å². The average molecular weight is 332 g/mol. The van der Waals surface area contributed by atoms with Crippen LogP contribution in [-0.4, -0.2) is 10.2 Å². The third-order valence-corrected chi connectivity index (χ3v) is 5.15. The minimum absolute atomic E-state index is 0.0677. The third-order valence-electron chi connectivity index (χ3n) is 5.15. The van der Waals surface area contributed by atoms with Gasteiger partial charge in [0, 0.05) is 17.5 Å². The van der Waals surface area contributed by atoms with E-state index in [-0.39, 0.29) is 28.7 Å². The molecule has 6 heteroatoms. The fourth-order valence-corrected chi connectivity index (χ4v) is 4.01. The van der Waals surface area contributed by atoms with Crippen molar-refractivity contribution < 1.29 is 10.2 Å². The monoisotopic (exact) mass is 332 g/mol. The Hall–Kier alpha value is -3.43. The molecule has 0 bridgehead atoms. The Morgan fingerprint density at radius 3 is 2.48 bits per heavy atom. The van der Waals surface area contributed by atoms with Gasteiger partial charge in [-0.15, -0.1) is 0 Å². The number of allylic oxidation sites excluding steroid dienone is 4. The molecule has 1 aromatic rings. The van der Waals surface area contributed by atoms with Crippen LogP contribution in [0.25, 0.3) is 0 Å². The summed E-state index contributed by atoms with van der Waals surface area (Å²) in [5.74, 6) is -1.30. The van der Waals surface area contributed by atoms with Crippen molar-refractivity contribution in [3.8, 4) is 29.7 Å². The Balaban J connectivity index is 2.36. The van der Waals surface area contributed by atoms with Gasteiger partial charge in [0.2, 0.25) is 0 Å². The maximum Gasteiger partial charge on any atom is 0.191 e. The Morgan fingerprint density at radius 1 is 1.16 bits per heavy atom. The summed E-state index contributed by atoms with van der Waals surface area (Å²) in [6.07, 6.45) is 4.27. The standard InChI is InChI=1S/C19H16N4O2/c20-8-15-12-3-1-2-4-13(12)17(19(9-21,10-22)18(15)23)14-6-5-11(24)7-16(14)25/h3,5-7,13,17,24-25H,1-2,4,23H2. The molecule has 0 spiro atoms. The molecule has 4 N–H and O–H groups in total. The van der Waals surface area contributed by atoms with Gasteiger partial charge in [0.05, 0.1) is 23.4 Å². The van der Waals surface area contributed by atoms with Gasteiger partial charge in [-0.25, -0.2) is 0 Å². The van der Waals surface area contributed by atoms with Crippen LogP contribution in [0.1, 0.15) is 30.7 Å². The van der Waals surface area contributed by atoms with Crippen molar-refractivity contribution in [1.82, 2.24) is 0 Å². The van der Waals surface area contributed by atoms with Crippen molar-refractivity contribution >= 4 is 0 Å². The van der Waals surface area contributed by atoms with Crippen LogP contribution in [0, 0.1) is 45.3 Å². The zero-order chi connectivity index (χ0) is 18.2. The van der Waals surface area contributed by atoms with Crippen LogP contribution in [-0.2, 0) is 0 Å². The van der Waals surface area contributed by atoms with Gasteiger partial charge in [-0.1, -0.05) is 12.1 Å². The zero-order valence-electron chi connectivity index (χ0n) is 13.4. The van der Waals surface area contributed by atoms with E-state index in [1.54, 1.807) is 0 Å². The van der Waals surface area contributed by atoms with Crippen molar-refractivity contribution in [2.75, 3.05) is 0 Å². The lowest BCUT2D eigenvalue weighted by molar-refractivity contribution is 0.308. The SMILES string of the molecule is N#CC1=C(N)C(C#N)(C#N)C(c2ccc(O)cc2O)C2CCCC=C12. The second-order valence-corrected chi connectivity index (χ2v) is 6.35. The lowest BCUT2D eigenvalue weighted by Crippen LogP contribution is -2.42. The molecule has 2 aliphatic carbocycles. The highest BCUT2D eigenvalue weighted by atomic mass is 16.3. The normalized spacial score (nSPS) is 24.3. The summed E-state index contributed by atoms with van der Waals surface area (Å²) in [6, 6.07) is 10.2. The van der Waals surface area contributed by atoms with Crippen LogP contribution in [0.2, 0.25) is 0 Å². The smallest absolute Gasteiger partial charge is 0.191 e. The van der Waals surface area contributed by atoms with Crippen molar-refractivity contribution in [1.29, 1.82) is 15.8 Å². The molecule has 0 heterocycles. The van der Waals surface area contributed by atoms with Crippen molar-refractivity contribution in [2.24, 2.45) is 17.1 Å². The van der Waals surface area contributed by atoms with Gasteiger partial charge in [-0.05, 0) is 36.8 Å². The lowest BCUT2D eigenvalue weighted by Gasteiger charge is -2.43. The number of nitriles is 3. The number of phenolic OH excluding ortho intramolecular Hbond substituents is 2. The molecule has 0 aromatic heterocycles. The molecular weight excluding hydrogens is 316 g/mol. The van der Waals surface area contributed by atoms with E-state index >= 15 is 0 Å². The number of hydrogen-bond acceptors (Lipinski definition) is 6. The van der Waals surface area contributed by atoms with Crippen molar-refractivity contribution in [3.05, 3.63) is 46.7 Å². The Kier molecular flexibility index (Phi) is 3.87. The maximum atomic E-state index is 10.3. The van der Waals surface area contributed by atoms with Crippen LogP contribution in [0.4, 0.5) is 0 Å². The summed E-state index contributed by atoms with van der Waals surface area (Å²) < 4.78 is 0. The molecule has 0 saturated carbocycles. The zero-order valence-corrected chi connectivity index (χ0v) is 13.4. The largest absolute Gasteiger partial charge is 0.508 e. The molecule has 2 unspecified atom stereocenters. The molecule has 25 heavy (non-hydrogen) atoms. The number of phenols is 2. The average Bonchev–Trinajstić information content (AvgIpc) is 2.62. The minimum Gasteiger partial charge on any atom is -0.508 e. The number of aromatic hydroxyl groups is 2. The fourth-order valence-electron chi connectivity index (χ4n) is 4.01. The molecule has 2 atom stereocenters. The first-order valence-electron chi connectivity index (χ1n) is 7.95. The molecule has 124 valence electrons. The summed E-state index contributed by atoms with van der Waals surface area (Å²) in [5, 5.41) is 49.1. The second kappa shape index (κ2) is 5.89. The van der Waals surface area contributed by atoms with E-state index in [0.29, 0.717) is 12.0 Å². The van der Waals surface area contributed by atoms with E-state index in [1.807, 2.05) is 18.2 Å². The summed E-state index contributed by atoms with van der Waals surface area (Å²) in [4.78, 5) is 0. The number of nitrogens with zero attached hydrogens (tertiary/aromatic N) is 3. The summed E-state index contributed by atoms with van der Waals surface area (Å²) in [7, 11) is 0. The molecule has 2 aliphatic rings. The first-order valence-corrected chi connectivity index (χ1v) is 7.95. The van der Waals surface area contributed by atoms with Gasteiger partial charge in [-0.2, -0.15) is 15.8 Å². The molecule has 0 aliphatic heterocycles. The van der Waals surface area contributed by atoms with E-state index in [2.05, 4.69) is 6.07 Å². The van der Waals surface area contributed by atoms with Crippen molar-refractivity contribution in [2.45, 2.75) is 25.2 Å². The molecule has 0 amide bonds. The molecule has 0 fully saturated rings. The molecule has 1 aromatic carbocycles. The Morgan fingerprint density at radius 2 is 1.88 bits per heavy atom. The predicted octanol–water partition coefficient (Wildman–Crippen LogP) is 2.69. The first kappa shape index (κ1) is 16.4. The molecular formula is C19H16N4O2. The second-order valence-electron chi connectivity index (χ2n) is 6.35. The van der Waals surface area contributed by atoms with E-state index in [0.717, 1.165) is 18.4 Å². The Bertz CT molecular complexity index is 910. The van der Waals surface area contributed by atoms with Crippen LogP contribution >= 0.6 is 0 Å². The van der Waals surface area contributed by atoms with Crippen LogP contribution < -0.4 is 5.73 Å². The van der Waals surface area contributed by atoms with E-state index in [1.165, 1.54) is 18.2 Å². The fraction of sp³-hybridized carbons (Fsp3) is 0.316. The van der Waals surface area contributed by atoms with Crippen molar-refractivity contribution in [3.63, 3.8) is 0 Å².